The van der Waals surface area contributed by atoms with E-state index >= 15 is 0 Å². The van der Waals surface area contributed by atoms with Crippen LogP contribution in [-0.2, 0) is 13.0 Å². The maximum Gasteiger partial charge on any atom is 0.329 e. The highest BCUT2D eigenvalue weighted by Gasteiger charge is 2.14. The number of nitrogens with one attached hydrogen (secondary N) is 1. The van der Waals surface area contributed by atoms with Crippen molar-refractivity contribution in [3.05, 3.63) is 91.2 Å². The Bertz CT molecular complexity index is 1390. The van der Waals surface area contributed by atoms with Gasteiger partial charge in [0.05, 0.1) is 23.6 Å². The second kappa shape index (κ2) is 7.49. The molecule has 2 heterocycles. The summed E-state index contributed by atoms with van der Waals surface area (Å²) < 4.78 is 16.3. The smallest absolute Gasteiger partial charge is 0.280 e. The van der Waals surface area contributed by atoms with Crippen LogP contribution in [0.15, 0.2) is 58.1 Å². The molecule has 7 heteroatoms. The third-order valence-corrected chi connectivity index (χ3v) is 6.11. The molecule has 4 rings (SSSR count). The van der Waals surface area contributed by atoms with Crippen LogP contribution in [0.1, 0.15) is 22.9 Å². The summed E-state index contributed by atoms with van der Waals surface area (Å²) in [4.78, 5) is 28.3. The fourth-order valence-electron chi connectivity index (χ4n) is 3.28. The Balaban J connectivity index is 1.78. The Hall–Kier alpha value is -3.50. The Morgan fingerprint density at radius 3 is 2.69 bits per heavy atom. The standard InChI is InChI=1S/C22H16FN3O2S/c1-2-16-10-18-20(27)25-22(28)26(21(18)29-16)12-15-8-7-13(9-19(15)23)17-6-4-3-5-14(17)11-24/h3-10H,2,12H2,1H3,(H,25,27,28). The zero-order chi connectivity index (χ0) is 20.5. The maximum atomic E-state index is 14.9. The number of aromatic amines is 1. The van der Waals surface area contributed by atoms with Crippen LogP contribution in [0.3, 0.4) is 0 Å². The Morgan fingerprint density at radius 2 is 1.97 bits per heavy atom. The fourth-order valence-corrected chi connectivity index (χ4v) is 4.37. The third kappa shape index (κ3) is 3.39. The molecule has 2 aromatic carbocycles. The van der Waals surface area contributed by atoms with E-state index < -0.39 is 17.1 Å². The number of aryl methyl sites for hydroxylation is 1. The quantitative estimate of drug-likeness (QED) is 0.557. The van der Waals surface area contributed by atoms with Gasteiger partial charge in [0, 0.05) is 10.4 Å². The summed E-state index contributed by atoms with van der Waals surface area (Å²) in [6, 6.07) is 15.6. The molecule has 144 valence electrons. The van der Waals surface area contributed by atoms with E-state index in [-0.39, 0.29) is 6.54 Å². The van der Waals surface area contributed by atoms with Crippen molar-refractivity contribution >= 4 is 21.6 Å². The van der Waals surface area contributed by atoms with Gasteiger partial charge >= 0.3 is 5.69 Å². The topological polar surface area (TPSA) is 78.7 Å². The molecule has 0 spiro atoms. The first-order valence-electron chi connectivity index (χ1n) is 9.05. The number of thiophene rings is 1. The minimum Gasteiger partial charge on any atom is -0.280 e. The Kier molecular flexibility index (Phi) is 4.87. The van der Waals surface area contributed by atoms with Gasteiger partial charge in [-0.1, -0.05) is 37.3 Å². The molecule has 0 amide bonds. The van der Waals surface area contributed by atoms with Crippen molar-refractivity contribution in [1.29, 1.82) is 5.26 Å². The van der Waals surface area contributed by atoms with Crippen molar-refractivity contribution in [1.82, 2.24) is 9.55 Å². The van der Waals surface area contributed by atoms with Crippen LogP contribution in [0.2, 0.25) is 0 Å². The largest absolute Gasteiger partial charge is 0.329 e. The second-order valence-electron chi connectivity index (χ2n) is 6.59. The highest BCUT2D eigenvalue weighted by Crippen LogP contribution is 2.27. The molecule has 0 aliphatic heterocycles. The van der Waals surface area contributed by atoms with Gasteiger partial charge in [0.25, 0.3) is 5.56 Å². The van der Waals surface area contributed by atoms with E-state index in [4.69, 9.17) is 0 Å². The Labute approximate surface area is 169 Å². The van der Waals surface area contributed by atoms with Gasteiger partial charge in [-0.3, -0.25) is 14.3 Å². The van der Waals surface area contributed by atoms with Crippen molar-refractivity contribution in [2.45, 2.75) is 19.9 Å². The van der Waals surface area contributed by atoms with Gasteiger partial charge in [-0.2, -0.15) is 5.26 Å². The van der Waals surface area contributed by atoms with E-state index in [1.165, 1.54) is 22.0 Å². The van der Waals surface area contributed by atoms with Crippen LogP contribution in [0.25, 0.3) is 21.3 Å². The first kappa shape index (κ1) is 18.8. The summed E-state index contributed by atoms with van der Waals surface area (Å²) in [6.45, 7) is 1.97. The predicted molar refractivity (Wildman–Crippen MR) is 112 cm³/mol. The predicted octanol–water partition coefficient (Wildman–Crippen LogP) is 4.04. The van der Waals surface area contributed by atoms with Gasteiger partial charge in [-0.15, -0.1) is 11.3 Å². The molecule has 0 radical (unpaired) electrons. The normalized spacial score (nSPS) is 10.9. The highest BCUT2D eigenvalue weighted by atomic mass is 32.1. The number of nitrogens with zero attached hydrogens (tertiary/aromatic N) is 2. The zero-order valence-corrected chi connectivity index (χ0v) is 16.3. The summed E-state index contributed by atoms with van der Waals surface area (Å²) in [5.74, 6) is -0.478. The number of halogens is 1. The summed E-state index contributed by atoms with van der Waals surface area (Å²) in [5, 5.41) is 9.70. The van der Waals surface area contributed by atoms with Crippen LogP contribution in [0.4, 0.5) is 4.39 Å². The van der Waals surface area contributed by atoms with Gasteiger partial charge in [0.1, 0.15) is 10.6 Å². The average molecular weight is 405 g/mol. The first-order valence-corrected chi connectivity index (χ1v) is 9.87. The first-order chi connectivity index (χ1) is 14.0. The summed E-state index contributed by atoms with van der Waals surface area (Å²) >= 11 is 1.37. The molecule has 29 heavy (non-hydrogen) atoms. The molecule has 0 unspecified atom stereocenters. The summed E-state index contributed by atoms with van der Waals surface area (Å²) in [7, 11) is 0. The summed E-state index contributed by atoms with van der Waals surface area (Å²) in [6.07, 6.45) is 0.744. The van der Waals surface area contributed by atoms with Gasteiger partial charge in [-0.25, -0.2) is 9.18 Å². The van der Waals surface area contributed by atoms with Crippen molar-refractivity contribution in [2.75, 3.05) is 0 Å². The van der Waals surface area contributed by atoms with Gasteiger partial charge < -0.3 is 0 Å². The number of benzene rings is 2. The minimum absolute atomic E-state index is 0.00178. The number of hydrogen-bond donors (Lipinski definition) is 1. The zero-order valence-electron chi connectivity index (χ0n) is 15.5. The molecule has 0 fully saturated rings. The lowest BCUT2D eigenvalue weighted by molar-refractivity contribution is 0.598. The molecule has 4 aromatic rings. The monoisotopic (exact) mass is 405 g/mol. The number of hydrogen-bond acceptors (Lipinski definition) is 4. The maximum absolute atomic E-state index is 14.9. The molecule has 5 nitrogen and oxygen atoms in total. The van der Waals surface area contributed by atoms with Crippen LogP contribution in [0.5, 0.6) is 0 Å². The van der Waals surface area contributed by atoms with E-state index in [0.717, 1.165) is 11.3 Å². The molecular formula is C22H16FN3O2S. The van der Waals surface area contributed by atoms with Crippen LogP contribution in [0, 0.1) is 17.1 Å². The minimum atomic E-state index is -0.565. The number of fused-ring (bicyclic) bond motifs is 1. The van der Waals surface area contributed by atoms with Gasteiger partial charge in [-0.05, 0) is 35.7 Å². The molecule has 0 saturated heterocycles. The molecule has 0 aliphatic rings. The molecule has 2 aromatic heterocycles. The van der Waals surface area contributed by atoms with Gasteiger partial charge in [0.15, 0.2) is 0 Å². The number of rotatable bonds is 4. The fraction of sp³-hybridized carbons (Fsp3) is 0.136. The third-order valence-electron chi connectivity index (χ3n) is 4.81. The van der Waals surface area contributed by atoms with E-state index in [9.17, 15) is 19.2 Å². The SMILES string of the molecule is CCc1cc2c(=O)[nH]c(=O)n(Cc3ccc(-c4ccccc4C#N)cc3F)c2s1. The van der Waals surface area contributed by atoms with Crippen LogP contribution in [-0.4, -0.2) is 9.55 Å². The second-order valence-corrected chi connectivity index (χ2v) is 7.71. The number of H-pyrrole nitrogens is 1. The Morgan fingerprint density at radius 1 is 1.17 bits per heavy atom. The molecule has 0 saturated carbocycles. The molecule has 0 atom stereocenters. The van der Waals surface area contributed by atoms with Gasteiger partial charge in [0.2, 0.25) is 0 Å². The number of nitriles is 1. The molecular weight excluding hydrogens is 389 g/mol. The number of aromatic nitrogens is 2. The van der Waals surface area contributed by atoms with E-state index in [2.05, 4.69) is 11.1 Å². The van der Waals surface area contributed by atoms with E-state index in [0.29, 0.717) is 32.5 Å². The highest BCUT2D eigenvalue weighted by molar-refractivity contribution is 7.18. The van der Waals surface area contributed by atoms with Crippen molar-refractivity contribution in [3.8, 4) is 17.2 Å². The average Bonchev–Trinajstić information content (AvgIpc) is 3.17. The van der Waals surface area contributed by atoms with Crippen molar-refractivity contribution in [2.24, 2.45) is 0 Å². The molecule has 0 aliphatic carbocycles. The van der Waals surface area contributed by atoms with Crippen molar-refractivity contribution < 1.29 is 4.39 Å². The molecule has 1 N–H and O–H groups in total. The van der Waals surface area contributed by atoms with Crippen molar-refractivity contribution in [3.63, 3.8) is 0 Å². The van der Waals surface area contributed by atoms with E-state index in [1.54, 1.807) is 42.5 Å². The van der Waals surface area contributed by atoms with Crippen LogP contribution >= 0.6 is 11.3 Å². The lowest BCUT2D eigenvalue weighted by Crippen LogP contribution is -2.30. The van der Waals surface area contributed by atoms with E-state index in [1.807, 2.05) is 6.92 Å². The molecule has 0 bridgehead atoms. The summed E-state index contributed by atoms with van der Waals surface area (Å²) in [5.41, 5.74) is 1.03. The van der Waals surface area contributed by atoms with Crippen LogP contribution < -0.4 is 11.2 Å². The lowest BCUT2D eigenvalue weighted by atomic mass is 9.99. The lowest BCUT2D eigenvalue weighted by Gasteiger charge is -2.10.